The highest BCUT2D eigenvalue weighted by Gasteiger charge is 2.34. The van der Waals surface area contributed by atoms with Crippen molar-refractivity contribution in [2.45, 2.75) is 51.6 Å². The monoisotopic (exact) mass is 258 g/mol. The summed E-state index contributed by atoms with van der Waals surface area (Å²) >= 11 is 5.83. The normalized spacial score (nSPS) is 30.1. The maximum absolute atomic E-state index is 12.0. The van der Waals surface area contributed by atoms with E-state index < -0.39 is 5.41 Å². The van der Waals surface area contributed by atoms with Crippen molar-refractivity contribution < 1.29 is 4.79 Å². The van der Waals surface area contributed by atoms with E-state index in [9.17, 15) is 4.79 Å². The number of carbonyl (C=O) groups is 1. The molecular formula is C13H23ClN2O. The number of alkyl halides is 1. The second kappa shape index (κ2) is 5.15. The van der Waals surface area contributed by atoms with Crippen LogP contribution in [0.5, 0.6) is 0 Å². The number of rotatable bonds is 3. The molecule has 17 heavy (non-hydrogen) atoms. The standard InChI is InChI=1S/C13H23ClN2O/c1-13(2,9-14)12(17)15-10-5-7-16-6-3-4-11(16)8-10/h10-11H,3-9H2,1-2H3,(H,15,17). The molecule has 1 amide bonds. The Labute approximate surface area is 109 Å². The van der Waals surface area contributed by atoms with Crippen LogP contribution in [-0.4, -0.2) is 41.9 Å². The number of fused-ring (bicyclic) bond motifs is 1. The lowest BCUT2D eigenvalue weighted by Crippen LogP contribution is -2.50. The Bertz CT molecular complexity index is 293. The SMILES string of the molecule is CC(C)(CCl)C(=O)NC1CCN2CCCC2C1. The van der Waals surface area contributed by atoms with Gasteiger partial charge in [0.05, 0.1) is 5.41 Å². The van der Waals surface area contributed by atoms with Gasteiger partial charge in [0.15, 0.2) is 0 Å². The van der Waals surface area contributed by atoms with E-state index in [1.54, 1.807) is 0 Å². The molecule has 0 bridgehead atoms. The van der Waals surface area contributed by atoms with E-state index in [4.69, 9.17) is 11.6 Å². The van der Waals surface area contributed by atoms with E-state index in [2.05, 4.69) is 10.2 Å². The Hall–Kier alpha value is -0.280. The summed E-state index contributed by atoms with van der Waals surface area (Å²) in [5.41, 5.74) is -0.450. The first-order valence-corrected chi connectivity index (χ1v) is 7.17. The minimum Gasteiger partial charge on any atom is -0.353 e. The van der Waals surface area contributed by atoms with E-state index >= 15 is 0 Å². The summed E-state index contributed by atoms with van der Waals surface area (Å²) in [7, 11) is 0. The molecule has 2 aliphatic heterocycles. The third kappa shape index (κ3) is 2.94. The topological polar surface area (TPSA) is 32.3 Å². The van der Waals surface area contributed by atoms with Crippen LogP contribution in [0.15, 0.2) is 0 Å². The van der Waals surface area contributed by atoms with Crippen LogP contribution in [0.3, 0.4) is 0 Å². The van der Waals surface area contributed by atoms with Gasteiger partial charge in [-0.05, 0) is 46.1 Å². The van der Waals surface area contributed by atoms with Gasteiger partial charge in [0.1, 0.15) is 0 Å². The summed E-state index contributed by atoms with van der Waals surface area (Å²) in [6, 6.07) is 1.05. The molecule has 0 aromatic heterocycles. The van der Waals surface area contributed by atoms with E-state index in [0.29, 0.717) is 18.0 Å². The molecule has 0 aromatic carbocycles. The first kappa shape index (κ1) is 13.2. The van der Waals surface area contributed by atoms with E-state index in [-0.39, 0.29) is 5.91 Å². The first-order valence-electron chi connectivity index (χ1n) is 6.64. The maximum atomic E-state index is 12.0. The predicted molar refractivity (Wildman–Crippen MR) is 70.3 cm³/mol. The largest absolute Gasteiger partial charge is 0.353 e. The average Bonchev–Trinajstić information content (AvgIpc) is 2.76. The third-order valence-corrected chi connectivity index (χ3v) is 4.77. The predicted octanol–water partition coefficient (Wildman–Crippen LogP) is 1.99. The lowest BCUT2D eigenvalue weighted by atomic mass is 9.92. The molecule has 2 unspecified atom stereocenters. The molecule has 2 rings (SSSR count). The fourth-order valence-electron chi connectivity index (χ4n) is 2.80. The summed E-state index contributed by atoms with van der Waals surface area (Å²) in [6.07, 6.45) is 4.81. The van der Waals surface area contributed by atoms with Gasteiger partial charge < -0.3 is 10.2 Å². The number of nitrogens with one attached hydrogen (secondary N) is 1. The van der Waals surface area contributed by atoms with Gasteiger partial charge in [0.2, 0.25) is 5.91 Å². The van der Waals surface area contributed by atoms with Crippen LogP contribution in [0.1, 0.15) is 39.5 Å². The van der Waals surface area contributed by atoms with Gasteiger partial charge in [-0.2, -0.15) is 0 Å². The zero-order valence-electron chi connectivity index (χ0n) is 10.8. The van der Waals surface area contributed by atoms with Crippen LogP contribution in [0.25, 0.3) is 0 Å². The molecule has 2 aliphatic rings. The van der Waals surface area contributed by atoms with Gasteiger partial charge >= 0.3 is 0 Å². The molecule has 98 valence electrons. The number of piperidine rings is 1. The van der Waals surface area contributed by atoms with Crippen LogP contribution in [0.2, 0.25) is 0 Å². The minimum atomic E-state index is -0.450. The van der Waals surface area contributed by atoms with Gasteiger partial charge in [-0.3, -0.25) is 4.79 Å². The van der Waals surface area contributed by atoms with Crippen molar-refractivity contribution in [1.29, 1.82) is 0 Å². The summed E-state index contributed by atoms with van der Waals surface area (Å²) < 4.78 is 0. The molecule has 0 spiro atoms. The number of hydrogen-bond acceptors (Lipinski definition) is 2. The summed E-state index contributed by atoms with van der Waals surface area (Å²) in [5, 5.41) is 3.17. The molecule has 4 heteroatoms. The maximum Gasteiger partial charge on any atom is 0.227 e. The van der Waals surface area contributed by atoms with Crippen LogP contribution in [0.4, 0.5) is 0 Å². The number of hydrogen-bond donors (Lipinski definition) is 1. The zero-order valence-corrected chi connectivity index (χ0v) is 11.6. The van der Waals surface area contributed by atoms with Crippen LogP contribution >= 0.6 is 11.6 Å². The first-order chi connectivity index (χ1) is 8.03. The van der Waals surface area contributed by atoms with Crippen molar-refractivity contribution in [2.24, 2.45) is 5.41 Å². The Morgan fingerprint density at radius 3 is 2.88 bits per heavy atom. The Balaban J connectivity index is 1.86. The van der Waals surface area contributed by atoms with E-state index in [1.807, 2.05) is 13.8 Å². The number of amides is 1. The van der Waals surface area contributed by atoms with E-state index in [0.717, 1.165) is 19.4 Å². The smallest absolute Gasteiger partial charge is 0.227 e. The molecule has 0 aromatic rings. The van der Waals surface area contributed by atoms with Crippen LogP contribution in [-0.2, 0) is 4.79 Å². The molecule has 2 fully saturated rings. The highest BCUT2D eigenvalue weighted by molar-refractivity contribution is 6.19. The van der Waals surface area contributed by atoms with Gasteiger partial charge in [0.25, 0.3) is 0 Å². The third-order valence-electron chi connectivity index (χ3n) is 4.10. The second-order valence-electron chi connectivity index (χ2n) is 6.04. The summed E-state index contributed by atoms with van der Waals surface area (Å²) in [6.45, 7) is 6.19. The van der Waals surface area contributed by atoms with E-state index in [1.165, 1.54) is 19.4 Å². The lowest BCUT2D eigenvalue weighted by molar-refractivity contribution is -0.129. The Kier molecular flexibility index (Phi) is 3.99. The van der Waals surface area contributed by atoms with Crippen molar-refractivity contribution in [2.75, 3.05) is 19.0 Å². The number of carbonyl (C=O) groups excluding carboxylic acids is 1. The van der Waals surface area contributed by atoms with Gasteiger partial charge in [-0.1, -0.05) is 0 Å². The Morgan fingerprint density at radius 1 is 1.41 bits per heavy atom. The fraction of sp³-hybridized carbons (Fsp3) is 0.923. The lowest BCUT2D eigenvalue weighted by Gasteiger charge is -2.36. The van der Waals surface area contributed by atoms with Crippen molar-refractivity contribution in [3.8, 4) is 0 Å². The van der Waals surface area contributed by atoms with Crippen molar-refractivity contribution in [3.05, 3.63) is 0 Å². The second-order valence-corrected chi connectivity index (χ2v) is 6.31. The molecule has 1 N–H and O–H groups in total. The quantitative estimate of drug-likeness (QED) is 0.786. The highest BCUT2D eigenvalue weighted by Crippen LogP contribution is 2.27. The van der Waals surface area contributed by atoms with Crippen molar-refractivity contribution in [3.63, 3.8) is 0 Å². The van der Waals surface area contributed by atoms with Crippen LogP contribution in [0, 0.1) is 5.41 Å². The molecule has 0 aliphatic carbocycles. The molecule has 2 saturated heterocycles. The van der Waals surface area contributed by atoms with Gasteiger partial charge in [0, 0.05) is 24.5 Å². The van der Waals surface area contributed by atoms with Crippen molar-refractivity contribution in [1.82, 2.24) is 10.2 Å². The average molecular weight is 259 g/mol. The summed E-state index contributed by atoms with van der Waals surface area (Å²) in [4.78, 5) is 14.6. The fourth-order valence-corrected chi connectivity index (χ4v) is 2.92. The molecule has 0 radical (unpaired) electrons. The van der Waals surface area contributed by atoms with Crippen LogP contribution < -0.4 is 5.32 Å². The number of nitrogens with zero attached hydrogens (tertiary/aromatic N) is 1. The molecular weight excluding hydrogens is 236 g/mol. The molecule has 3 nitrogen and oxygen atoms in total. The Morgan fingerprint density at radius 2 is 2.18 bits per heavy atom. The van der Waals surface area contributed by atoms with Gasteiger partial charge in [-0.15, -0.1) is 11.6 Å². The van der Waals surface area contributed by atoms with Crippen molar-refractivity contribution >= 4 is 17.5 Å². The minimum absolute atomic E-state index is 0.101. The molecule has 2 atom stereocenters. The summed E-state index contributed by atoms with van der Waals surface area (Å²) in [5.74, 6) is 0.477. The zero-order chi connectivity index (χ0) is 12.5. The number of halogens is 1. The molecule has 0 saturated carbocycles. The van der Waals surface area contributed by atoms with Gasteiger partial charge in [-0.25, -0.2) is 0 Å². The molecule has 2 heterocycles. The highest BCUT2D eigenvalue weighted by atomic mass is 35.5.